The molecule has 1 rings (SSSR count). The van der Waals surface area contributed by atoms with Crippen LogP contribution in [0, 0.1) is 0 Å². The van der Waals surface area contributed by atoms with Crippen LogP contribution in [0.25, 0.3) is 0 Å². The van der Waals surface area contributed by atoms with Crippen molar-refractivity contribution in [1.29, 1.82) is 0 Å². The molecule has 0 radical (unpaired) electrons. The van der Waals surface area contributed by atoms with E-state index in [1.54, 1.807) is 6.92 Å². The van der Waals surface area contributed by atoms with Gasteiger partial charge in [0.05, 0.1) is 0 Å². The van der Waals surface area contributed by atoms with Gasteiger partial charge in [0.25, 0.3) is 5.91 Å². The summed E-state index contributed by atoms with van der Waals surface area (Å²) >= 11 is 0. The highest BCUT2D eigenvalue weighted by molar-refractivity contribution is 6.15. The van der Waals surface area contributed by atoms with Crippen LogP contribution in [-0.4, -0.2) is 23.8 Å². The summed E-state index contributed by atoms with van der Waals surface area (Å²) in [5.74, 6) is -0.569. The number of carbonyl (C=O) groups excluding carboxylic acids is 3. The van der Waals surface area contributed by atoms with Crippen LogP contribution in [0.2, 0.25) is 0 Å². The molecular weight excluding hydrogens is 148 g/mol. The number of nitrogens with one attached hydrogen (secondary N) is 2. The van der Waals surface area contributed by atoms with Crippen molar-refractivity contribution in [3.05, 3.63) is 0 Å². The fourth-order valence-electron chi connectivity index (χ4n) is 0.921. The summed E-state index contributed by atoms with van der Waals surface area (Å²) in [6.45, 7) is 1.65. The first-order valence-electron chi connectivity index (χ1n) is 3.24. The molecule has 1 unspecified atom stereocenters. The zero-order valence-electron chi connectivity index (χ0n) is 6.01. The first-order valence-corrected chi connectivity index (χ1v) is 3.24. The van der Waals surface area contributed by atoms with E-state index in [-0.39, 0.29) is 6.42 Å². The Morgan fingerprint density at radius 3 is 2.36 bits per heavy atom. The van der Waals surface area contributed by atoms with Gasteiger partial charge in [-0.1, -0.05) is 6.92 Å². The van der Waals surface area contributed by atoms with E-state index in [2.05, 4.69) is 5.32 Å². The zero-order valence-corrected chi connectivity index (χ0v) is 6.01. The van der Waals surface area contributed by atoms with Crippen LogP contribution in [0.5, 0.6) is 0 Å². The molecule has 0 aliphatic carbocycles. The highest BCUT2D eigenvalue weighted by Crippen LogP contribution is 2.11. The Morgan fingerprint density at radius 2 is 2.18 bits per heavy atom. The molecule has 0 aromatic heterocycles. The fraction of sp³-hybridized carbons (Fsp3) is 0.500. The van der Waals surface area contributed by atoms with Crippen molar-refractivity contribution in [3.63, 3.8) is 0 Å². The molecule has 1 atom stereocenters. The number of aldehydes is 1. The number of hydrogen-bond donors (Lipinski definition) is 2. The van der Waals surface area contributed by atoms with Crippen molar-refractivity contribution < 1.29 is 14.4 Å². The Hall–Kier alpha value is -1.39. The van der Waals surface area contributed by atoms with Crippen molar-refractivity contribution in [2.24, 2.45) is 0 Å². The molecule has 5 nitrogen and oxygen atoms in total. The molecular formula is C6H8N2O3. The number of hydrogen-bond acceptors (Lipinski definition) is 3. The lowest BCUT2D eigenvalue weighted by molar-refractivity contribution is -0.128. The van der Waals surface area contributed by atoms with E-state index in [0.29, 0.717) is 6.29 Å². The second kappa shape index (κ2) is 2.34. The summed E-state index contributed by atoms with van der Waals surface area (Å²) in [6.07, 6.45) is 0.724. The van der Waals surface area contributed by atoms with E-state index >= 15 is 0 Å². The molecule has 2 N–H and O–H groups in total. The maximum atomic E-state index is 10.9. The molecule has 11 heavy (non-hydrogen) atoms. The number of urea groups is 1. The Balaban J connectivity index is 2.93. The predicted molar refractivity (Wildman–Crippen MR) is 35.8 cm³/mol. The summed E-state index contributed by atoms with van der Waals surface area (Å²) in [5, 5.41) is 4.24. The minimum Gasteiger partial charge on any atom is -0.317 e. The Labute approximate surface area is 63.1 Å². The first-order chi connectivity index (χ1) is 5.14. The van der Waals surface area contributed by atoms with E-state index in [1.807, 2.05) is 5.32 Å². The second-order valence-electron chi connectivity index (χ2n) is 2.35. The van der Waals surface area contributed by atoms with Gasteiger partial charge in [0.1, 0.15) is 0 Å². The average molecular weight is 156 g/mol. The molecule has 1 fully saturated rings. The Kier molecular flexibility index (Phi) is 1.64. The van der Waals surface area contributed by atoms with Crippen LogP contribution in [0.1, 0.15) is 13.3 Å². The van der Waals surface area contributed by atoms with E-state index in [9.17, 15) is 14.4 Å². The lowest BCUT2D eigenvalue weighted by Gasteiger charge is -2.14. The fourth-order valence-corrected chi connectivity index (χ4v) is 0.921. The van der Waals surface area contributed by atoms with Crippen molar-refractivity contribution in [2.75, 3.05) is 0 Å². The van der Waals surface area contributed by atoms with Crippen LogP contribution >= 0.6 is 0 Å². The van der Waals surface area contributed by atoms with Crippen LogP contribution < -0.4 is 10.6 Å². The van der Waals surface area contributed by atoms with Crippen molar-refractivity contribution in [3.8, 4) is 0 Å². The van der Waals surface area contributed by atoms with Gasteiger partial charge < -0.3 is 10.1 Å². The zero-order chi connectivity index (χ0) is 8.48. The van der Waals surface area contributed by atoms with E-state index < -0.39 is 17.5 Å². The highest BCUT2D eigenvalue weighted by atomic mass is 16.2. The monoisotopic (exact) mass is 156 g/mol. The lowest BCUT2D eigenvalue weighted by Crippen LogP contribution is -2.47. The maximum Gasteiger partial charge on any atom is 0.322 e. The van der Waals surface area contributed by atoms with Gasteiger partial charge in [0, 0.05) is 0 Å². The normalized spacial score (nSPS) is 29.5. The highest BCUT2D eigenvalue weighted by Gasteiger charge is 2.44. The van der Waals surface area contributed by atoms with Gasteiger partial charge in [-0.2, -0.15) is 0 Å². The van der Waals surface area contributed by atoms with Crippen molar-refractivity contribution >= 4 is 18.2 Å². The summed E-state index contributed by atoms with van der Waals surface area (Å²) in [6, 6.07) is -0.607. The minimum absolute atomic E-state index is 0.272. The van der Waals surface area contributed by atoms with Crippen LogP contribution in [-0.2, 0) is 9.59 Å². The number of imide groups is 1. The average Bonchev–Trinajstić information content (AvgIpc) is 2.27. The molecule has 0 spiro atoms. The molecule has 1 heterocycles. The molecule has 1 saturated heterocycles. The summed E-state index contributed by atoms with van der Waals surface area (Å²) in [7, 11) is 0. The van der Waals surface area contributed by atoms with Crippen molar-refractivity contribution in [1.82, 2.24) is 10.6 Å². The standard InChI is InChI=1S/C6H8N2O3/c1-2-6(3-9)4(10)7-5(11)8-6/h3H,2H2,1H3,(H2,7,8,10,11). The number of rotatable bonds is 2. The van der Waals surface area contributed by atoms with Gasteiger partial charge in [-0.05, 0) is 6.42 Å². The third kappa shape index (κ3) is 0.978. The van der Waals surface area contributed by atoms with E-state index in [1.165, 1.54) is 0 Å². The van der Waals surface area contributed by atoms with Crippen LogP contribution in [0.4, 0.5) is 4.79 Å². The summed E-state index contributed by atoms with van der Waals surface area (Å²) in [4.78, 5) is 32.0. The molecule has 60 valence electrons. The van der Waals surface area contributed by atoms with Gasteiger partial charge in [-0.15, -0.1) is 0 Å². The molecule has 5 heteroatoms. The Morgan fingerprint density at radius 1 is 1.55 bits per heavy atom. The molecule has 0 aromatic rings. The van der Waals surface area contributed by atoms with Crippen LogP contribution in [0.3, 0.4) is 0 Å². The lowest BCUT2D eigenvalue weighted by atomic mass is 9.99. The smallest absolute Gasteiger partial charge is 0.317 e. The van der Waals surface area contributed by atoms with E-state index in [0.717, 1.165) is 0 Å². The third-order valence-electron chi connectivity index (χ3n) is 1.73. The predicted octanol–water partition coefficient (Wildman–Crippen LogP) is -0.827. The van der Waals surface area contributed by atoms with Gasteiger partial charge in [0.2, 0.25) is 0 Å². The number of amides is 3. The van der Waals surface area contributed by atoms with Gasteiger partial charge >= 0.3 is 6.03 Å². The topological polar surface area (TPSA) is 75.3 Å². The van der Waals surface area contributed by atoms with E-state index in [4.69, 9.17) is 0 Å². The van der Waals surface area contributed by atoms with Crippen LogP contribution in [0.15, 0.2) is 0 Å². The molecule has 0 saturated carbocycles. The third-order valence-corrected chi connectivity index (χ3v) is 1.73. The second-order valence-corrected chi connectivity index (χ2v) is 2.35. The quantitative estimate of drug-likeness (QED) is 0.311. The SMILES string of the molecule is CCC1(C=O)NC(=O)NC1=O. The Bertz CT molecular complexity index is 226. The molecule has 0 bridgehead atoms. The van der Waals surface area contributed by atoms with Gasteiger partial charge in [-0.25, -0.2) is 4.79 Å². The molecule has 1 aliphatic rings. The largest absolute Gasteiger partial charge is 0.322 e. The minimum atomic E-state index is -1.32. The number of carbonyl (C=O) groups is 3. The maximum absolute atomic E-state index is 10.9. The summed E-state index contributed by atoms with van der Waals surface area (Å²) < 4.78 is 0. The first kappa shape index (κ1) is 7.71. The van der Waals surface area contributed by atoms with Gasteiger partial charge in [-0.3, -0.25) is 10.1 Å². The molecule has 3 amide bonds. The van der Waals surface area contributed by atoms with Gasteiger partial charge in [0.15, 0.2) is 11.8 Å². The molecule has 0 aromatic carbocycles. The molecule has 1 aliphatic heterocycles. The summed E-state index contributed by atoms with van der Waals surface area (Å²) in [5.41, 5.74) is -1.32. The van der Waals surface area contributed by atoms with Crippen molar-refractivity contribution in [2.45, 2.75) is 18.9 Å².